The van der Waals surface area contributed by atoms with Gasteiger partial charge in [-0.1, -0.05) is 6.92 Å². The van der Waals surface area contributed by atoms with Crippen LogP contribution < -0.4 is 5.32 Å². The van der Waals surface area contributed by atoms with Gasteiger partial charge in [0.05, 0.1) is 17.6 Å². The highest BCUT2D eigenvalue weighted by Crippen LogP contribution is 2.23. The Morgan fingerprint density at radius 3 is 2.42 bits per heavy atom. The van der Waals surface area contributed by atoms with Crippen LogP contribution in [0.5, 0.6) is 0 Å². The van der Waals surface area contributed by atoms with Crippen LogP contribution in [0.3, 0.4) is 0 Å². The number of piperidine rings is 2. The summed E-state index contributed by atoms with van der Waals surface area (Å²) < 4.78 is 0. The van der Waals surface area contributed by atoms with E-state index in [4.69, 9.17) is 5.26 Å². The maximum Gasteiger partial charge on any atom is 0.321 e. The number of benzene rings is 1. The van der Waals surface area contributed by atoms with Gasteiger partial charge in [-0.15, -0.1) is 0 Å². The molecule has 0 aromatic heterocycles. The number of nitriles is 1. The highest BCUT2D eigenvalue weighted by Gasteiger charge is 2.32. The number of carbonyl (C=O) groups is 2. The van der Waals surface area contributed by atoms with E-state index in [1.807, 2.05) is 4.90 Å². The summed E-state index contributed by atoms with van der Waals surface area (Å²) in [6.07, 6.45) is 3.84. The number of amides is 3. The minimum Gasteiger partial charge on any atom is -0.342 e. The van der Waals surface area contributed by atoms with Crippen molar-refractivity contribution in [3.8, 4) is 6.07 Å². The molecular formula is C20H26N4O2. The lowest BCUT2D eigenvalue weighted by Gasteiger charge is -2.37. The Morgan fingerprint density at radius 2 is 1.77 bits per heavy atom. The number of anilines is 1. The van der Waals surface area contributed by atoms with E-state index < -0.39 is 0 Å². The molecule has 6 heteroatoms. The number of nitrogens with one attached hydrogen (secondary N) is 1. The van der Waals surface area contributed by atoms with Gasteiger partial charge in [0.1, 0.15) is 0 Å². The van der Waals surface area contributed by atoms with E-state index in [1.54, 1.807) is 29.2 Å². The highest BCUT2D eigenvalue weighted by atomic mass is 16.2. The summed E-state index contributed by atoms with van der Waals surface area (Å²) in [5.41, 5.74) is 1.22. The third-order valence-electron chi connectivity index (χ3n) is 5.42. The van der Waals surface area contributed by atoms with Crippen molar-refractivity contribution in [2.75, 3.05) is 31.5 Å². The Bertz CT molecular complexity index is 687. The Balaban J connectivity index is 1.56. The van der Waals surface area contributed by atoms with E-state index in [0.717, 1.165) is 38.8 Å². The normalized spacial score (nSPS) is 21.2. The fourth-order valence-electron chi connectivity index (χ4n) is 3.68. The van der Waals surface area contributed by atoms with E-state index >= 15 is 0 Å². The van der Waals surface area contributed by atoms with Crippen LogP contribution in [0.4, 0.5) is 10.5 Å². The summed E-state index contributed by atoms with van der Waals surface area (Å²) in [5, 5.41) is 11.7. The Labute approximate surface area is 154 Å². The molecule has 2 fully saturated rings. The summed E-state index contributed by atoms with van der Waals surface area (Å²) in [4.78, 5) is 29.0. The summed E-state index contributed by atoms with van der Waals surface area (Å²) in [5.74, 6) is 0.803. The summed E-state index contributed by atoms with van der Waals surface area (Å²) in [7, 11) is 0. The second-order valence-corrected chi connectivity index (χ2v) is 7.41. The second-order valence-electron chi connectivity index (χ2n) is 7.41. The number of nitrogens with zero attached hydrogens (tertiary/aromatic N) is 3. The van der Waals surface area contributed by atoms with Gasteiger partial charge in [-0.25, -0.2) is 4.79 Å². The number of hydrogen-bond donors (Lipinski definition) is 1. The van der Waals surface area contributed by atoms with Crippen molar-refractivity contribution in [3.05, 3.63) is 29.8 Å². The molecule has 0 radical (unpaired) electrons. The van der Waals surface area contributed by atoms with Crippen molar-refractivity contribution >= 4 is 17.6 Å². The first kappa shape index (κ1) is 18.2. The number of urea groups is 1. The lowest BCUT2D eigenvalue weighted by molar-refractivity contribution is -0.138. The van der Waals surface area contributed by atoms with Crippen LogP contribution in [0.1, 0.15) is 38.2 Å². The molecule has 1 atom stereocenters. The van der Waals surface area contributed by atoms with E-state index in [2.05, 4.69) is 18.3 Å². The van der Waals surface area contributed by atoms with Crippen molar-refractivity contribution in [1.29, 1.82) is 5.26 Å². The molecule has 0 bridgehead atoms. The van der Waals surface area contributed by atoms with Crippen LogP contribution in [0.15, 0.2) is 24.3 Å². The molecule has 0 aliphatic carbocycles. The highest BCUT2D eigenvalue weighted by molar-refractivity contribution is 5.90. The molecule has 6 nitrogen and oxygen atoms in total. The minimum atomic E-state index is -0.181. The van der Waals surface area contributed by atoms with Gasteiger partial charge in [-0.05, 0) is 55.9 Å². The van der Waals surface area contributed by atoms with Crippen LogP contribution >= 0.6 is 0 Å². The molecule has 0 spiro atoms. The number of hydrogen-bond acceptors (Lipinski definition) is 3. The molecule has 3 amide bonds. The van der Waals surface area contributed by atoms with Crippen molar-refractivity contribution < 1.29 is 9.59 Å². The van der Waals surface area contributed by atoms with Crippen molar-refractivity contribution in [2.45, 2.75) is 32.6 Å². The topological polar surface area (TPSA) is 76.4 Å². The molecule has 1 aromatic rings. The lowest BCUT2D eigenvalue weighted by Crippen LogP contribution is -2.49. The molecular weight excluding hydrogens is 328 g/mol. The monoisotopic (exact) mass is 354 g/mol. The maximum absolute atomic E-state index is 12.8. The molecule has 1 N–H and O–H groups in total. The van der Waals surface area contributed by atoms with E-state index in [0.29, 0.717) is 30.3 Å². The standard InChI is InChI=1S/C20H26N4O2/c1-15-8-11-23(12-9-15)19(25)17-3-2-10-24(14-17)20(26)22-18-6-4-16(13-21)5-7-18/h4-7,15,17H,2-3,8-12,14H2,1H3,(H,22,26). The third kappa shape index (κ3) is 4.34. The molecule has 1 unspecified atom stereocenters. The Kier molecular flexibility index (Phi) is 5.77. The molecule has 2 heterocycles. The smallest absolute Gasteiger partial charge is 0.321 e. The first-order chi connectivity index (χ1) is 12.6. The molecule has 138 valence electrons. The fourth-order valence-corrected chi connectivity index (χ4v) is 3.68. The van der Waals surface area contributed by atoms with Crippen LogP contribution in [-0.2, 0) is 4.79 Å². The Hall–Kier alpha value is -2.55. The largest absolute Gasteiger partial charge is 0.342 e. The van der Waals surface area contributed by atoms with Gasteiger partial charge < -0.3 is 15.1 Å². The van der Waals surface area contributed by atoms with Gasteiger partial charge in [0.2, 0.25) is 5.91 Å². The van der Waals surface area contributed by atoms with Crippen LogP contribution in [-0.4, -0.2) is 47.9 Å². The molecule has 2 saturated heterocycles. The molecule has 2 aliphatic rings. The predicted molar refractivity (Wildman–Crippen MR) is 99.5 cm³/mol. The van der Waals surface area contributed by atoms with Gasteiger partial charge >= 0.3 is 6.03 Å². The zero-order chi connectivity index (χ0) is 18.5. The quantitative estimate of drug-likeness (QED) is 0.887. The number of carbonyl (C=O) groups excluding carboxylic acids is 2. The zero-order valence-corrected chi connectivity index (χ0v) is 15.3. The number of likely N-dealkylation sites (tertiary alicyclic amines) is 2. The summed E-state index contributed by atoms with van der Waals surface area (Å²) >= 11 is 0. The van der Waals surface area contributed by atoms with E-state index in [1.165, 1.54) is 0 Å². The van der Waals surface area contributed by atoms with Crippen LogP contribution in [0.25, 0.3) is 0 Å². The molecule has 0 saturated carbocycles. The SMILES string of the molecule is CC1CCN(C(=O)C2CCCN(C(=O)Nc3ccc(C#N)cc3)C2)CC1. The zero-order valence-electron chi connectivity index (χ0n) is 15.3. The van der Waals surface area contributed by atoms with Crippen molar-refractivity contribution in [3.63, 3.8) is 0 Å². The average Bonchev–Trinajstić information content (AvgIpc) is 2.68. The molecule has 2 aliphatic heterocycles. The van der Waals surface area contributed by atoms with Crippen LogP contribution in [0, 0.1) is 23.2 Å². The molecule has 26 heavy (non-hydrogen) atoms. The van der Waals surface area contributed by atoms with Gasteiger partial charge in [-0.2, -0.15) is 5.26 Å². The summed E-state index contributed by atoms with van der Waals surface area (Å²) in [6, 6.07) is 8.67. The van der Waals surface area contributed by atoms with Crippen molar-refractivity contribution in [2.24, 2.45) is 11.8 Å². The number of rotatable bonds is 2. The molecule has 1 aromatic carbocycles. The van der Waals surface area contributed by atoms with Crippen LogP contribution in [0.2, 0.25) is 0 Å². The van der Waals surface area contributed by atoms with Gasteiger partial charge in [-0.3, -0.25) is 4.79 Å². The Morgan fingerprint density at radius 1 is 1.08 bits per heavy atom. The summed E-state index contributed by atoms with van der Waals surface area (Å²) in [6.45, 7) is 5.06. The van der Waals surface area contributed by atoms with Gasteiger partial charge in [0.25, 0.3) is 0 Å². The van der Waals surface area contributed by atoms with Crippen molar-refractivity contribution in [1.82, 2.24) is 9.80 Å². The second kappa shape index (κ2) is 8.22. The predicted octanol–water partition coefficient (Wildman–Crippen LogP) is 3.06. The fraction of sp³-hybridized carbons (Fsp3) is 0.550. The lowest BCUT2D eigenvalue weighted by atomic mass is 9.93. The maximum atomic E-state index is 12.8. The first-order valence-corrected chi connectivity index (χ1v) is 9.41. The minimum absolute atomic E-state index is 0.0936. The average molecular weight is 354 g/mol. The van der Waals surface area contributed by atoms with Gasteiger partial charge in [0.15, 0.2) is 0 Å². The first-order valence-electron chi connectivity index (χ1n) is 9.41. The molecule has 3 rings (SSSR count). The van der Waals surface area contributed by atoms with E-state index in [-0.39, 0.29) is 17.9 Å². The third-order valence-corrected chi connectivity index (χ3v) is 5.42. The van der Waals surface area contributed by atoms with Gasteiger partial charge in [0, 0.05) is 31.9 Å². The van der Waals surface area contributed by atoms with E-state index in [9.17, 15) is 9.59 Å².